The molecule has 0 aliphatic carbocycles. The lowest BCUT2D eigenvalue weighted by Crippen LogP contribution is -2.30. The predicted octanol–water partition coefficient (Wildman–Crippen LogP) is 5.68. The van der Waals surface area contributed by atoms with Gasteiger partial charge in [0.1, 0.15) is 17.9 Å². The van der Waals surface area contributed by atoms with Crippen LogP contribution in [0.2, 0.25) is 0 Å². The average molecular weight is 470 g/mol. The Balaban J connectivity index is 1.26. The third kappa shape index (κ3) is 3.76. The maximum Gasteiger partial charge on any atom is 0.138 e. The lowest BCUT2D eigenvalue weighted by Gasteiger charge is -2.14. The van der Waals surface area contributed by atoms with E-state index in [1.807, 2.05) is 37.4 Å². The second-order valence-electron chi connectivity index (χ2n) is 8.39. The van der Waals surface area contributed by atoms with Crippen molar-refractivity contribution in [3.63, 3.8) is 0 Å². The first-order valence-corrected chi connectivity index (χ1v) is 11.9. The Labute approximate surface area is 199 Å². The molecule has 170 valence electrons. The highest BCUT2D eigenvalue weighted by molar-refractivity contribution is 7.22. The molecule has 5 aromatic heterocycles. The Bertz CT molecular complexity index is 1580. The third-order valence-electron chi connectivity index (χ3n) is 5.94. The van der Waals surface area contributed by atoms with Crippen LogP contribution in [-0.4, -0.2) is 32.8 Å². The van der Waals surface area contributed by atoms with Gasteiger partial charge in [-0.3, -0.25) is 10.1 Å². The van der Waals surface area contributed by atoms with Crippen molar-refractivity contribution < 1.29 is 9.15 Å². The van der Waals surface area contributed by atoms with Crippen LogP contribution in [0, 0.1) is 6.92 Å². The van der Waals surface area contributed by atoms with E-state index in [1.54, 1.807) is 30.1 Å². The number of hydrogen-bond donors (Lipinski definition) is 3. The average Bonchev–Trinajstić information content (AvgIpc) is 3.65. The van der Waals surface area contributed by atoms with Gasteiger partial charge in [0.2, 0.25) is 0 Å². The summed E-state index contributed by atoms with van der Waals surface area (Å²) in [6.45, 7) is 2.41. The number of para-hydroxylation sites is 1. The minimum Gasteiger partial charge on any atom is -0.490 e. The molecule has 0 amide bonds. The topological polar surface area (TPSA) is 106 Å². The molecule has 0 radical (unpaired) electrons. The number of benzene rings is 1. The Morgan fingerprint density at radius 1 is 1.21 bits per heavy atom. The van der Waals surface area contributed by atoms with Crippen molar-refractivity contribution >= 4 is 32.5 Å². The van der Waals surface area contributed by atoms with E-state index in [0.29, 0.717) is 12.4 Å². The van der Waals surface area contributed by atoms with Crippen LogP contribution in [0.4, 0.5) is 0 Å². The predicted molar refractivity (Wildman–Crippen MR) is 135 cm³/mol. The molecule has 0 aliphatic heterocycles. The summed E-state index contributed by atoms with van der Waals surface area (Å²) in [7, 11) is 0. The van der Waals surface area contributed by atoms with Gasteiger partial charge in [-0.15, -0.1) is 11.3 Å². The molecule has 34 heavy (non-hydrogen) atoms. The number of aryl methyl sites for hydroxylation is 1. The number of ether oxygens (including phenoxy) is 1. The first kappa shape index (κ1) is 20.7. The van der Waals surface area contributed by atoms with E-state index in [9.17, 15) is 0 Å². The number of aromatic amines is 2. The molecule has 0 spiro atoms. The van der Waals surface area contributed by atoms with E-state index < -0.39 is 0 Å². The van der Waals surface area contributed by atoms with Crippen molar-refractivity contribution in [3.05, 3.63) is 78.6 Å². The van der Waals surface area contributed by atoms with Crippen molar-refractivity contribution in [2.24, 2.45) is 5.73 Å². The summed E-state index contributed by atoms with van der Waals surface area (Å²) in [5.41, 5.74) is 13.5. The molecule has 5 heterocycles. The van der Waals surface area contributed by atoms with Crippen molar-refractivity contribution in [2.75, 3.05) is 6.61 Å². The maximum absolute atomic E-state index is 6.43. The van der Waals surface area contributed by atoms with Crippen LogP contribution >= 0.6 is 11.3 Å². The van der Waals surface area contributed by atoms with Gasteiger partial charge in [-0.25, -0.2) is 0 Å². The molecule has 0 saturated carbocycles. The zero-order valence-corrected chi connectivity index (χ0v) is 19.4. The van der Waals surface area contributed by atoms with Crippen LogP contribution in [0.15, 0.2) is 71.8 Å². The molecule has 8 heteroatoms. The summed E-state index contributed by atoms with van der Waals surface area (Å²) in [5.74, 6) is 0.681. The summed E-state index contributed by atoms with van der Waals surface area (Å²) in [6.07, 6.45) is 7.85. The Hall–Kier alpha value is -3.88. The summed E-state index contributed by atoms with van der Waals surface area (Å²) < 4.78 is 12.6. The van der Waals surface area contributed by atoms with Crippen LogP contribution in [0.25, 0.3) is 42.8 Å². The molecule has 6 aromatic rings. The van der Waals surface area contributed by atoms with Crippen LogP contribution in [0.3, 0.4) is 0 Å². The van der Waals surface area contributed by atoms with Crippen molar-refractivity contribution in [1.82, 2.24) is 20.2 Å². The number of pyridine rings is 1. The number of nitrogens with one attached hydrogen (secondary N) is 2. The summed E-state index contributed by atoms with van der Waals surface area (Å²) in [4.78, 5) is 9.10. The number of furan rings is 1. The van der Waals surface area contributed by atoms with E-state index in [0.717, 1.165) is 49.5 Å². The van der Waals surface area contributed by atoms with E-state index in [4.69, 9.17) is 19.9 Å². The van der Waals surface area contributed by atoms with E-state index in [2.05, 4.69) is 33.4 Å². The summed E-state index contributed by atoms with van der Waals surface area (Å²) in [5, 5.41) is 8.63. The molecule has 7 nitrogen and oxygen atoms in total. The quantitative estimate of drug-likeness (QED) is 0.279. The van der Waals surface area contributed by atoms with Crippen LogP contribution in [-0.2, 0) is 6.42 Å². The molecule has 4 N–H and O–H groups in total. The highest BCUT2D eigenvalue weighted by Gasteiger charge is 2.17. The molecule has 1 atom stereocenters. The number of aromatic nitrogens is 4. The second kappa shape index (κ2) is 8.48. The molecule has 0 fully saturated rings. The smallest absolute Gasteiger partial charge is 0.138 e. The minimum atomic E-state index is -0.149. The number of rotatable bonds is 7. The molecule has 0 saturated heterocycles. The molecular weight excluding hydrogens is 446 g/mol. The van der Waals surface area contributed by atoms with Crippen molar-refractivity contribution in [2.45, 2.75) is 19.4 Å². The van der Waals surface area contributed by atoms with Crippen molar-refractivity contribution in [3.8, 4) is 27.4 Å². The van der Waals surface area contributed by atoms with Crippen molar-refractivity contribution in [1.29, 1.82) is 0 Å². The second-order valence-corrected chi connectivity index (χ2v) is 9.44. The third-order valence-corrected chi connectivity index (χ3v) is 7.22. The van der Waals surface area contributed by atoms with Gasteiger partial charge in [-0.1, -0.05) is 18.2 Å². The fraction of sp³-hybridized carbons (Fsp3) is 0.154. The number of hydrogen-bond acceptors (Lipinski definition) is 6. The monoisotopic (exact) mass is 469 g/mol. The number of nitrogens with zero attached hydrogens (tertiary/aromatic N) is 2. The standard InChI is InChI=1S/C26H23N5O2S/c1-15-26-23(31-30-15)10-24(34-26)21-9-19(12-29-25(21)16-6-7-32-13-16)33-14-18(27)8-17-11-28-22-5-3-2-4-20(17)22/h2-7,9-13,18,28H,8,14,27H2,1H3,(H,30,31)/t18-/m0/s1. The van der Waals surface area contributed by atoms with Gasteiger partial charge in [-0.05, 0) is 43.2 Å². The first-order chi connectivity index (χ1) is 16.7. The van der Waals surface area contributed by atoms with Gasteiger partial charge in [-0.2, -0.15) is 5.10 Å². The minimum absolute atomic E-state index is 0.149. The molecule has 0 bridgehead atoms. The van der Waals surface area contributed by atoms with E-state index in [-0.39, 0.29) is 6.04 Å². The number of thiophene rings is 1. The Morgan fingerprint density at radius 2 is 2.12 bits per heavy atom. The molecule has 6 rings (SSSR count). The SMILES string of the molecule is Cc1[nH]nc2cc(-c3cc(OC[C@@H](N)Cc4c[nH]c5ccccc45)cnc3-c3ccoc3)sc12. The molecule has 0 aliphatic rings. The molecule has 0 unspecified atom stereocenters. The number of H-pyrrole nitrogens is 2. The molecular formula is C26H23N5O2S. The fourth-order valence-corrected chi connectivity index (χ4v) is 5.31. The first-order valence-electron chi connectivity index (χ1n) is 11.1. The van der Waals surface area contributed by atoms with Gasteiger partial charge in [0.15, 0.2) is 0 Å². The van der Waals surface area contributed by atoms with E-state index in [1.165, 1.54) is 10.9 Å². The summed E-state index contributed by atoms with van der Waals surface area (Å²) in [6, 6.07) is 14.1. The molecule has 1 aromatic carbocycles. The lowest BCUT2D eigenvalue weighted by molar-refractivity contribution is 0.287. The van der Waals surface area contributed by atoms with Gasteiger partial charge in [0, 0.05) is 44.8 Å². The number of fused-ring (bicyclic) bond motifs is 2. The van der Waals surface area contributed by atoms with E-state index >= 15 is 0 Å². The van der Waals surface area contributed by atoms with Gasteiger partial charge < -0.3 is 19.9 Å². The lowest BCUT2D eigenvalue weighted by atomic mass is 10.1. The highest BCUT2D eigenvalue weighted by atomic mass is 32.1. The zero-order valence-electron chi connectivity index (χ0n) is 18.5. The fourth-order valence-electron chi connectivity index (χ4n) is 4.25. The highest BCUT2D eigenvalue weighted by Crippen LogP contribution is 2.40. The number of nitrogens with two attached hydrogens (primary N) is 1. The van der Waals surface area contributed by atoms with Crippen LogP contribution in [0.1, 0.15) is 11.3 Å². The largest absolute Gasteiger partial charge is 0.490 e. The Kier molecular flexibility index (Phi) is 5.16. The maximum atomic E-state index is 6.43. The van der Waals surface area contributed by atoms with Crippen LogP contribution in [0.5, 0.6) is 5.75 Å². The normalized spacial score (nSPS) is 12.5. The van der Waals surface area contributed by atoms with Gasteiger partial charge in [0.05, 0.1) is 29.1 Å². The Morgan fingerprint density at radius 3 is 2.97 bits per heavy atom. The summed E-state index contributed by atoms with van der Waals surface area (Å²) >= 11 is 1.68. The zero-order chi connectivity index (χ0) is 23.1. The van der Waals surface area contributed by atoms with Gasteiger partial charge in [0.25, 0.3) is 0 Å². The van der Waals surface area contributed by atoms with Crippen LogP contribution < -0.4 is 10.5 Å². The van der Waals surface area contributed by atoms with Gasteiger partial charge >= 0.3 is 0 Å².